The molecule has 1 aromatic carbocycles. The van der Waals surface area contributed by atoms with E-state index in [9.17, 15) is 14.5 Å². The van der Waals surface area contributed by atoms with Crippen molar-refractivity contribution in [3.8, 4) is 0 Å². The summed E-state index contributed by atoms with van der Waals surface area (Å²) in [5.41, 5.74) is 3.16. The van der Waals surface area contributed by atoms with Crippen LogP contribution in [0, 0.1) is 29.8 Å². The highest BCUT2D eigenvalue weighted by molar-refractivity contribution is 5.35. The minimum Gasteiger partial charge on any atom is -0.316 e. The maximum atomic E-state index is 13.6. The van der Waals surface area contributed by atoms with Crippen LogP contribution < -0.4 is 5.32 Å². The monoisotopic (exact) mass is 292 g/mol. The zero-order chi connectivity index (χ0) is 15.6. The third kappa shape index (κ3) is 3.08. The molecule has 0 bridgehead atoms. The average molecular weight is 292 g/mol. The SMILES string of the molecule is CNCc1c(C)nn(Cc2ccc([N+](=O)[O-])c(F)c2)c1C. The van der Waals surface area contributed by atoms with Gasteiger partial charge in [0.2, 0.25) is 5.82 Å². The summed E-state index contributed by atoms with van der Waals surface area (Å²) in [5.74, 6) is -0.825. The van der Waals surface area contributed by atoms with Gasteiger partial charge in [0.05, 0.1) is 17.2 Å². The van der Waals surface area contributed by atoms with Crippen LogP contribution >= 0.6 is 0 Å². The van der Waals surface area contributed by atoms with E-state index in [0.29, 0.717) is 18.7 Å². The fourth-order valence-corrected chi connectivity index (χ4v) is 2.29. The molecule has 0 spiro atoms. The summed E-state index contributed by atoms with van der Waals surface area (Å²) in [6.45, 7) is 4.97. The first-order valence-corrected chi connectivity index (χ1v) is 6.54. The fraction of sp³-hybridized carbons (Fsp3) is 0.357. The van der Waals surface area contributed by atoms with E-state index in [1.807, 2.05) is 20.9 Å². The summed E-state index contributed by atoms with van der Waals surface area (Å²) >= 11 is 0. The first-order valence-electron chi connectivity index (χ1n) is 6.54. The minimum absolute atomic E-state index is 0.380. The van der Waals surface area contributed by atoms with Crippen LogP contribution in [-0.4, -0.2) is 21.8 Å². The number of halogens is 1. The van der Waals surface area contributed by atoms with Gasteiger partial charge in [-0.1, -0.05) is 6.07 Å². The Bertz CT molecular complexity index is 682. The molecule has 2 aromatic rings. The van der Waals surface area contributed by atoms with Gasteiger partial charge in [-0.2, -0.15) is 9.49 Å². The first kappa shape index (κ1) is 15.1. The number of nitro benzene ring substituents is 1. The third-order valence-corrected chi connectivity index (χ3v) is 3.43. The Morgan fingerprint density at radius 2 is 2.14 bits per heavy atom. The van der Waals surface area contributed by atoms with Crippen LogP contribution in [0.5, 0.6) is 0 Å². The highest BCUT2D eigenvalue weighted by atomic mass is 19.1. The molecule has 0 aliphatic rings. The van der Waals surface area contributed by atoms with Crippen molar-refractivity contribution in [1.29, 1.82) is 0 Å². The molecule has 0 saturated heterocycles. The van der Waals surface area contributed by atoms with E-state index in [0.717, 1.165) is 17.0 Å². The molecule has 1 heterocycles. The van der Waals surface area contributed by atoms with Crippen molar-refractivity contribution in [2.24, 2.45) is 0 Å². The summed E-state index contributed by atoms with van der Waals surface area (Å²) in [6, 6.07) is 3.92. The van der Waals surface area contributed by atoms with Crippen molar-refractivity contribution in [1.82, 2.24) is 15.1 Å². The maximum absolute atomic E-state index is 13.6. The number of rotatable bonds is 5. The lowest BCUT2D eigenvalue weighted by Crippen LogP contribution is -2.08. The van der Waals surface area contributed by atoms with E-state index in [4.69, 9.17) is 0 Å². The topological polar surface area (TPSA) is 73.0 Å². The summed E-state index contributed by atoms with van der Waals surface area (Å²) in [4.78, 5) is 9.88. The van der Waals surface area contributed by atoms with Crippen molar-refractivity contribution in [2.75, 3.05) is 7.05 Å². The van der Waals surface area contributed by atoms with E-state index in [1.165, 1.54) is 12.1 Å². The number of hydrogen-bond acceptors (Lipinski definition) is 4. The summed E-state index contributed by atoms with van der Waals surface area (Å²) < 4.78 is 15.4. The fourth-order valence-electron chi connectivity index (χ4n) is 2.29. The lowest BCUT2D eigenvalue weighted by Gasteiger charge is -2.06. The molecule has 2 rings (SSSR count). The number of nitro groups is 1. The van der Waals surface area contributed by atoms with E-state index < -0.39 is 16.4 Å². The number of hydrogen-bond donors (Lipinski definition) is 1. The van der Waals surface area contributed by atoms with E-state index >= 15 is 0 Å². The molecule has 0 unspecified atom stereocenters. The summed E-state index contributed by atoms with van der Waals surface area (Å²) in [7, 11) is 1.86. The molecule has 0 aliphatic carbocycles. The predicted molar refractivity (Wildman–Crippen MR) is 76.6 cm³/mol. The second-order valence-corrected chi connectivity index (χ2v) is 4.88. The molecule has 6 nitrogen and oxygen atoms in total. The summed E-state index contributed by atoms with van der Waals surface area (Å²) in [5, 5.41) is 18.1. The van der Waals surface area contributed by atoms with Crippen molar-refractivity contribution >= 4 is 5.69 Å². The molecular weight excluding hydrogens is 275 g/mol. The van der Waals surface area contributed by atoms with Crippen LogP contribution in [-0.2, 0) is 13.1 Å². The Balaban J connectivity index is 2.28. The van der Waals surface area contributed by atoms with Gasteiger partial charge in [-0.15, -0.1) is 0 Å². The van der Waals surface area contributed by atoms with Gasteiger partial charge in [0.15, 0.2) is 0 Å². The van der Waals surface area contributed by atoms with Gasteiger partial charge in [-0.3, -0.25) is 14.8 Å². The van der Waals surface area contributed by atoms with Gasteiger partial charge in [0.25, 0.3) is 0 Å². The molecule has 0 radical (unpaired) electrons. The van der Waals surface area contributed by atoms with Crippen LogP contribution in [0.2, 0.25) is 0 Å². The molecule has 1 aromatic heterocycles. The number of aromatic nitrogens is 2. The molecule has 21 heavy (non-hydrogen) atoms. The second kappa shape index (κ2) is 6.01. The lowest BCUT2D eigenvalue weighted by molar-refractivity contribution is -0.387. The van der Waals surface area contributed by atoms with Crippen molar-refractivity contribution in [3.63, 3.8) is 0 Å². The molecular formula is C14H17FN4O2. The number of nitrogens with one attached hydrogen (secondary N) is 1. The standard InChI is InChI=1S/C14H17FN4O2/c1-9-12(7-16-3)10(2)18(17-9)8-11-4-5-14(19(20)21)13(15)6-11/h4-6,16H,7-8H2,1-3H3. The summed E-state index contributed by atoms with van der Waals surface area (Å²) in [6.07, 6.45) is 0. The van der Waals surface area contributed by atoms with Gasteiger partial charge >= 0.3 is 5.69 Å². The zero-order valence-electron chi connectivity index (χ0n) is 12.2. The van der Waals surface area contributed by atoms with Crippen LogP contribution in [0.4, 0.5) is 10.1 Å². The van der Waals surface area contributed by atoms with E-state index in [2.05, 4.69) is 10.4 Å². The van der Waals surface area contributed by atoms with Gasteiger partial charge in [0, 0.05) is 23.9 Å². The Morgan fingerprint density at radius 1 is 1.43 bits per heavy atom. The Hall–Kier alpha value is -2.28. The first-order chi connectivity index (χ1) is 9.93. The van der Waals surface area contributed by atoms with Crippen LogP contribution in [0.25, 0.3) is 0 Å². The van der Waals surface area contributed by atoms with Crippen LogP contribution in [0.15, 0.2) is 18.2 Å². The number of aryl methyl sites for hydroxylation is 1. The van der Waals surface area contributed by atoms with Crippen LogP contribution in [0.3, 0.4) is 0 Å². The van der Waals surface area contributed by atoms with Crippen molar-refractivity contribution < 1.29 is 9.31 Å². The maximum Gasteiger partial charge on any atom is 0.304 e. The van der Waals surface area contributed by atoms with Gasteiger partial charge < -0.3 is 5.32 Å². The Morgan fingerprint density at radius 3 is 2.71 bits per heavy atom. The molecule has 0 saturated carbocycles. The van der Waals surface area contributed by atoms with E-state index in [1.54, 1.807) is 10.7 Å². The van der Waals surface area contributed by atoms with Crippen molar-refractivity contribution in [2.45, 2.75) is 26.9 Å². The number of nitrogens with zero attached hydrogens (tertiary/aromatic N) is 3. The normalized spacial score (nSPS) is 10.9. The molecule has 0 amide bonds. The second-order valence-electron chi connectivity index (χ2n) is 4.88. The quantitative estimate of drug-likeness (QED) is 0.678. The lowest BCUT2D eigenvalue weighted by atomic mass is 10.2. The largest absolute Gasteiger partial charge is 0.316 e. The molecule has 7 heteroatoms. The van der Waals surface area contributed by atoms with E-state index in [-0.39, 0.29) is 0 Å². The minimum atomic E-state index is -0.825. The molecule has 0 aliphatic heterocycles. The van der Waals surface area contributed by atoms with Crippen LogP contribution in [0.1, 0.15) is 22.5 Å². The molecule has 0 fully saturated rings. The Kier molecular flexibility index (Phi) is 4.32. The molecule has 0 atom stereocenters. The van der Waals surface area contributed by atoms with Crippen molar-refractivity contribution in [3.05, 3.63) is 56.6 Å². The molecule has 112 valence electrons. The highest BCUT2D eigenvalue weighted by Crippen LogP contribution is 2.20. The van der Waals surface area contributed by atoms with Gasteiger partial charge in [0.1, 0.15) is 0 Å². The third-order valence-electron chi connectivity index (χ3n) is 3.43. The number of benzene rings is 1. The molecule has 1 N–H and O–H groups in total. The predicted octanol–water partition coefficient (Wildman–Crippen LogP) is 2.31. The van der Waals surface area contributed by atoms with Gasteiger partial charge in [-0.05, 0) is 32.5 Å². The zero-order valence-corrected chi connectivity index (χ0v) is 12.2. The smallest absolute Gasteiger partial charge is 0.304 e. The Labute approximate surface area is 121 Å². The van der Waals surface area contributed by atoms with Gasteiger partial charge in [-0.25, -0.2) is 0 Å². The highest BCUT2D eigenvalue weighted by Gasteiger charge is 2.15. The average Bonchev–Trinajstić information content (AvgIpc) is 2.66.